The molecule has 0 fully saturated rings. The highest BCUT2D eigenvalue weighted by molar-refractivity contribution is 7.80. The molecular formula is C10H13N3OS. The van der Waals surface area contributed by atoms with Crippen molar-refractivity contribution in [3.05, 3.63) is 29.6 Å². The van der Waals surface area contributed by atoms with Gasteiger partial charge in [0, 0.05) is 13.2 Å². The molecule has 5 heteroatoms. The van der Waals surface area contributed by atoms with Crippen LogP contribution in [0.15, 0.2) is 18.3 Å². The Labute approximate surface area is 94.1 Å². The minimum absolute atomic E-state index is 0.166. The lowest BCUT2D eigenvalue weighted by atomic mass is 10.2. The molecule has 0 aliphatic rings. The first kappa shape index (κ1) is 11.6. The van der Waals surface area contributed by atoms with E-state index in [1.807, 2.05) is 13.0 Å². The number of pyridine rings is 1. The topological polar surface area (TPSA) is 59.2 Å². The molecule has 0 atom stereocenters. The first-order chi connectivity index (χ1) is 7.02. The third kappa shape index (κ3) is 2.99. The number of aryl methyl sites for hydroxylation is 1. The van der Waals surface area contributed by atoms with Crippen LogP contribution in [-0.2, 0) is 0 Å². The number of nitrogens with two attached hydrogens (primary N) is 1. The van der Waals surface area contributed by atoms with Crippen molar-refractivity contribution < 1.29 is 4.79 Å². The van der Waals surface area contributed by atoms with E-state index in [1.54, 1.807) is 19.3 Å². The molecule has 1 amide bonds. The summed E-state index contributed by atoms with van der Waals surface area (Å²) in [5.41, 5.74) is 6.65. The highest BCUT2D eigenvalue weighted by atomic mass is 32.1. The van der Waals surface area contributed by atoms with Crippen molar-refractivity contribution in [1.82, 2.24) is 9.88 Å². The SMILES string of the molecule is Cc1cccnc1C(=O)N(C)CC(N)=S. The van der Waals surface area contributed by atoms with Gasteiger partial charge in [0.2, 0.25) is 0 Å². The van der Waals surface area contributed by atoms with E-state index in [0.717, 1.165) is 5.56 Å². The van der Waals surface area contributed by atoms with E-state index in [-0.39, 0.29) is 12.5 Å². The fraction of sp³-hybridized carbons (Fsp3) is 0.300. The maximum atomic E-state index is 11.8. The van der Waals surface area contributed by atoms with Gasteiger partial charge < -0.3 is 10.6 Å². The van der Waals surface area contributed by atoms with Crippen molar-refractivity contribution in [2.45, 2.75) is 6.92 Å². The Bertz CT molecular complexity index is 392. The van der Waals surface area contributed by atoms with E-state index < -0.39 is 0 Å². The second-order valence-corrected chi connectivity index (χ2v) is 3.82. The summed E-state index contributed by atoms with van der Waals surface area (Å²) in [7, 11) is 1.65. The quantitative estimate of drug-likeness (QED) is 0.768. The Morgan fingerprint density at radius 2 is 2.33 bits per heavy atom. The minimum atomic E-state index is -0.166. The van der Waals surface area contributed by atoms with Gasteiger partial charge in [0.1, 0.15) is 5.69 Å². The number of thiocarbonyl (C=S) groups is 1. The summed E-state index contributed by atoms with van der Waals surface area (Å²) in [5, 5.41) is 0. The number of aromatic nitrogens is 1. The molecule has 0 aliphatic carbocycles. The number of rotatable bonds is 3. The van der Waals surface area contributed by atoms with Crippen molar-refractivity contribution in [2.75, 3.05) is 13.6 Å². The van der Waals surface area contributed by atoms with Gasteiger partial charge in [-0.1, -0.05) is 18.3 Å². The zero-order valence-corrected chi connectivity index (χ0v) is 9.54. The van der Waals surface area contributed by atoms with Gasteiger partial charge in [-0.15, -0.1) is 0 Å². The lowest BCUT2D eigenvalue weighted by Gasteiger charge is -2.16. The molecule has 1 aromatic rings. The van der Waals surface area contributed by atoms with Crippen LogP contribution in [0.2, 0.25) is 0 Å². The van der Waals surface area contributed by atoms with Gasteiger partial charge in [-0.3, -0.25) is 9.78 Å². The van der Waals surface area contributed by atoms with Gasteiger partial charge in [-0.05, 0) is 18.6 Å². The van der Waals surface area contributed by atoms with Gasteiger partial charge in [0.15, 0.2) is 0 Å². The molecule has 1 heterocycles. The molecule has 80 valence electrons. The summed E-state index contributed by atoms with van der Waals surface area (Å²) in [4.78, 5) is 17.6. The smallest absolute Gasteiger partial charge is 0.272 e. The standard InChI is InChI=1S/C10H13N3OS/c1-7-4-3-5-12-9(7)10(14)13(2)6-8(11)15/h3-5H,6H2,1-2H3,(H2,11,15). The van der Waals surface area contributed by atoms with E-state index in [9.17, 15) is 4.79 Å². The molecular weight excluding hydrogens is 210 g/mol. The van der Waals surface area contributed by atoms with Crippen LogP contribution < -0.4 is 5.73 Å². The molecule has 0 aromatic carbocycles. The summed E-state index contributed by atoms with van der Waals surface area (Å²) in [6.07, 6.45) is 1.59. The molecule has 0 saturated heterocycles. The zero-order chi connectivity index (χ0) is 11.4. The summed E-state index contributed by atoms with van der Waals surface area (Å²) in [5.74, 6) is -0.166. The first-order valence-electron chi connectivity index (χ1n) is 4.47. The number of hydrogen-bond donors (Lipinski definition) is 1. The maximum Gasteiger partial charge on any atom is 0.272 e. The molecule has 1 aromatic heterocycles. The molecule has 0 unspecified atom stereocenters. The normalized spacial score (nSPS) is 9.73. The lowest BCUT2D eigenvalue weighted by Crippen LogP contribution is -2.35. The van der Waals surface area contributed by atoms with Crippen LogP contribution in [-0.4, -0.2) is 34.4 Å². The molecule has 4 nitrogen and oxygen atoms in total. The van der Waals surface area contributed by atoms with Crippen LogP contribution in [0.25, 0.3) is 0 Å². The highest BCUT2D eigenvalue weighted by Gasteiger charge is 2.15. The summed E-state index contributed by atoms with van der Waals surface area (Å²) < 4.78 is 0. The van der Waals surface area contributed by atoms with Crippen molar-refractivity contribution >= 4 is 23.1 Å². The second-order valence-electron chi connectivity index (χ2n) is 3.30. The molecule has 0 radical (unpaired) electrons. The third-order valence-electron chi connectivity index (χ3n) is 1.95. The Hall–Kier alpha value is -1.49. The van der Waals surface area contributed by atoms with Gasteiger partial charge in [-0.2, -0.15) is 0 Å². The Kier molecular flexibility index (Phi) is 3.74. The number of carbonyl (C=O) groups excluding carboxylic acids is 1. The number of carbonyl (C=O) groups is 1. The highest BCUT2D eigenvalue weighted by Crippen LogP contribution is 2.05. The monoisotopic (exact) mass is 223 g/mol. The van der Waals surface area contributed by atoms with Gasteiger partial charge in [0.05, 0.1) is 11.5 Å². The average molecular weight is 223 g/mol. The maximum absolute atomic E-state index is 11.8. The molecule has 0 bridgehead atoms. The van der Waals surface area contributed by atoms with E-state index in [2.05, 4.69) is 4.98 Å². The van der Waals surface area contributed by atoms with Crippen molar-refractivity contribution in [3.8, 4) is 0 Å². The van der Waals surface area contributed by atoms with E-state index in [1.165, 1.54) is 4.90 Å². The number of nitrogens with zero attached hydrogens (tertiary/aromatic N) is 2. The van der Waals surface area contributed by atoms with E-state index in [4.69, 9.17) is 18.0 Å². The summed E-state index contributed by atoms with van der Waals surface area (Å²) in [6, 6.07) is 3.63. The van der Waals surface area contributed by atoms with Crippen LogP contribution in [0.5, 0.6) is 0 Å². The summed E-state index contributed by atoms with van der Waals surface area (Å²) in [6.45, 7) is 2.11. The van der Waals surface area contributed by atoms with Gasteiger partial charge in [0.25, 0.3) is 5.91 Å². The van der Waals surface area contributed by atoms with Crippen LogP contribution >= 0.6 is 12.2 Å². The predicted octanol–water partition coefficient (Wildman–Crippen LogP) is 0.748. The van der Waals surface area contributed by atoms with Crippen molar-refractivity contribution in [2.24, 2.45) is 5.73 Å². The number of amides is 1. The molecule has 0 aliphatic heterocycles. The Balaban J connectivity index is 2.85. The Morgan fingerprint density at radius 1 is 1.67 bits per heavy atom. The van der Waals surface area contributed by atoms with Crippen LogP contribution in [0.3, 0.4) is 0 Å². The minimum Gasteiger partial charge on any atom is -0.392 e. The van der Waals surface area contributed by atoms with Crippen molar-refractivity contribution in [3.63, 3.8) is 0 Å². The van der Waals surface area contributed by atoms with Crippen LogP contribution in [0, 0.1) is 6.92 Å². The largest absolute Gasteiger partial charge is 0.392 e. The second kappa shape index (κ2) is 4.84. The van der Waals surface area contributed by atoms with Crippen LogP contribution in [0.4, 0.5) is 0 Å². The summed E-state index contributed by atoms with van der Waals surface area (Å²) >= 11 is 4.74. The third-order valence-corrected chi connectivity index (χ3v) is 2.08. The zero-order valence-electron chi connectivity index (χ0n) is 8.73. The van der Waals surface area contributed by atoms with Gasteiger partial charge >= 0.3 is 0 Å². The molecule has 0 saturated carbocycles. The van der Waals surface area contributed by atoms with Gasteiger partial charge in [-0.25, -0.2) is 0 Å². The Morgan fingerprint density at radius 3 is 2.87 bits per heavy atom. The predicted molar refractivity (Wildman–Crippen MR) is 62.7 cm³/mol. The first-order valence-corrected chi connectivity index (χ1v) is 4.88. The molecule has 1 rings (SSSR count). The lowest BCUT2D eigenvalue weighted by molar-refractivity contribution is 0.0808. The molecule has 0 spiro atoms. The van der Waals surface area contributed by atoms with E-state index >= 15 is 0 Å². The van der Waals surface area contributed by atoms with Crippen LogP contribution in [0.1, 0.15) is 16.1 Å². The fourth-order valence-electron chi connectivity index (χ4n) is 1.20. The fourth-order valence-corrected chi connectivity index (χ4v) is 1.39. The molecule has 15 heavy (non-hydrogen) atoms. The van der Waals surface area contributed by atoms with E-state index in [0.29, 0.717) is 10.7 Å². The number of likely N-dealkylation sites (N-methyl/N-ethyl adjacent to an activating group) is 1. The number of hydrogen-bond acceptors (Lipinski definition) is 3. The average Bonchev–Trinajstić information content (AvgIpc) is 2.16. The van der Waals surface area contributed by atoms with Crippen molar-refractivity contribution in [1.29, 1.82) is 0 Å². The molecule has 2 N–H and O–H groups in total.